The van der Waals surface area contributed by atoms with E-state index in [4.69, 9.17) is 0 Å². The van der Waals surface area contributed by atoms with Crippen molar-refractivity contribution in [2.75, 3.05) is 13.1 Å². The van der Waals surface area contributed by atoms with Gasteiger partial charge in [-0.3, -0.25) is 4.79 Å². The Hall–Kier alpha value is -1.11. The number of rotatable bonds is 4. The van der Waals surface area contributed by atoms with Crippen molar-refractivity contribution in [2.45, 2.75) is 74.7 Å². The number of carbonyl (C=O) groups is 1. The smallest absolute Gasteiger partial charge is 0.235 e. The molecule has 122 valence electrons. The fraction of sp³-hybridized carbons (Fsp3) is 0.867. The van der Waals surface area contributed by atoms with Gasteiger partial charge in [-0.1, -0.05) is 31.0 Å². The molecule has 1 aromatic rings. The summed E-state index contributed by atoms with van der Waals surface area (Å²) in [4.78, 5) is 14.5. The Labute approximate surface area is 136 Å². The predicted octanol–water partition coefficient (Wildman–Crippen LogP) is 2.67. The molecule has 1 amide bonds. The van der Waals surface area contributed by atoms with E-state index in [1.54, 1.807) is 0 Å². The number of tetrazole rings is 1. The van der Waals surface area contributed by atoms with E-state index in [0.717, 1.165) is 43.9 Å². The zero-order chi connectivity index (χ0) is 15.4. The van der Waals surface area contributed by atoms with Crippen molar-refractivity contribution in [2.24, 2.45) is 0 Å². The number of nitrogens with zero attached hydrogens (tertiary/aromatic N) is 5. The molecule has 0 bridgehead atoms. The van der Waals surface area contributed by atoms with E-state index in [9.17, 15) is 4.79 Å². The molecule has 2 fully saturated rings. The van der Waals surface area contributed by atoms with Crippen molar-refractivity contribution in [3.05, 3.63) is 0 Å². The van der Waals surface area contributed by atoms with Gasteiger partial charge in [0.2, 0.25) is 11.1 Å². The molecule has 1 aromatic heterocycles. The normalized spacial score (nSPS) is 21.8. The number of hydrogen-bond acceptors (Lipinski definition) is 5. The van der Waals surface area contributed by atoms with Crippen LogP contribution in [-0.2, 0) is 4.79 Å². The van der Waals surface area contributed by atoms with E-state index in [2.05, 4.69) is 15.5 Å². The van der Waals surface area contributed by atoms with E-state index < -0.39 is 0 Å². The largest absolute Gasteiger partial charge is 0.342 e. The molecule has 1 unspecified atom stereocenters. The van der Waals surface area contributed by atoms with Crippen molar-refractivity contribution in [3.63, 3.8) is 0 Å². The highest BCUT2D eigenvalue weighted by Gasteiger charge is 2.26. The molecule has 0 spiro atoms. The molecular weight excluding hydrogens is 298 g/mol. The third kappa shape index (κ3) is 3.62. The molecule has 0 aromatic carbocycles. The van der Waals surface area contributed by atoms with Gasteiger partial charge in [0.15, 0.2) is 0 Å². The number of thioether (sulfide) groups is 1. The van der Waals surface area contributed by atoms with Crippen LogP contribution in [-0.4, -0.2) is 49.4 Å². The Kier molecular flexibility index (Phi) is 5.33. The minimum Gasteiger partial charge on any atom is -0.342 e. The number of aromatic nitrogens is 4. The van der Waals surface area contributed by atoms with E-state index in [-0.39, 0.29) is 11.2 Å². The molecule has 1 aliphatic heterocycles. The lowest BCUT2D eigenvalue weighted by Gasteiger charge is -2.29. The molecule has 7 heteroatoms. The lowest BCUT2D eigenvalue weighted by Crippen LogP contribution is -2.40. The summed E-state index contributed by atoms with van der Waals surface area (Å²) in [6.07, 6.45) is 9.59. The lowest BCUT2D eigenvalue weighted by atomic mass is 9.96. The van der Waals surface area contributed by atoms with Crippen LogP contribution in [0.3, 0.4) is 0 Å². The highest BCUT2D eigenvalue weighted by Crippen LogP contribution is 2.31. The van der Waals surface area contributed by atoms with Gasteiger partial charge in [-0.15, -0.1) is 5.10 Å². The quantitative estimate of drug-likeness (QED) is 0.797. The van der Waals surface area contributed by atoms with Gasteiger partial charge < -0.3 is 4.90 Å². The van der Waals surface area contributed by atoms with E-state index in [1.165, 1.54) is 37.4 Å². The summed E-state index contributed by atoms with van der Waals surface area (Å²) in [7, 11) is 0. The summed E-state index contributed by atoms with van der Waals surface area (Å²) >= 11 is 1.51. The molecule has 6 nitrogen and oxygen atoms in total. The average molecular weight is 323 g/mol. The van der Waals surface area contributed by atoms with Gasteiger partial charge in [0.25, 0.3) is 0 Å². The molecule has 0 radical (unpaired) electrons. The monoisotopic (exact) mass is 323 g/mol. The fourth-order valence-electron chi connectivity index (χ4n) is 3.40. The Balaban J connectivity index is 1.62. The van der Waals surface area contributed by atoms with Gasteiger partial charge in [-0.05, 0) is 49.5 Å². The van der Waals surface area contributed by atoms with Crippen molar-refractivity contribution in [1.29, 1.82) is 0 Å². The zero-order valence-electron chi connectivity index (χ0n) is 13.3. The first-order valence-corrected chi connectivity index (χ1v) is 9.37. The number of amides is 1. The van der Waals surface area contributed by atoms with E-state index >= 15 is 0 Å². The second kappa shape index (κ2) is 7.44. The van der Waals surface area contributed by atoms with Gasteiger partial charge in [0.1, 0.15) is 0 Å². The molecule has 1 saturated heterocycles. The highest BCUT2D eigenvalue weighted by molar-refractivity contribution is 8.00. The summed E-state index contributed by atoms with van der Waals surface area (Å²) in [6.45, 7) is 3.77. The fourth-order valence-corrected chi connectivity index (χ4v) is 4.34. The third-order valence-electron chi connectivity index (χ3n) is 4.68. The van der Waals surface area contributed by atoms with Gasteiger partial charge in [-0.25, -0.2) is 4.68 Å². The SMILES string of the molecule is CC(Sc1nnnn1C1CCCCC1)C(=O)N1CCCCC1. The van der Waals surface area contributed by atoms with Gasteiger partial charge in [0.05, 0.1) is 11.3 Å². The highest BCUT2D eigenvalue weighted by atomic mass is 32.2. The maximum absolute atomic E-state index is 12.5. The number of hydrogen-bond donors (Lipinski definition) is 0. The van der Waals surface area contributed by atoms with Crippen LogP contribution in [0.4, 0.5) is 0 Å². The van der Waals surface area contributed by atoms with Crippen LogP contribution < -0.4 is 0 Å². The van der Waals surface area contributed by atoms with E-state index in [1.807, 2.05) is 16.5 Å². The lowest BCUT2D eigenvalue weighted by molar-refractivity contribution is -0.131. The maximum Gasteiger partial charge on any atom is 0.235 e. The zero-order valence-corrected chi connectivity index (χ0v) is 14.1. The van der Waals surface area contributed by atoms with Crippen LogP contribution in [0.25, 0.3) is 0 Å². The molecule has 3 rings (SSSR count). The molecular formula is C15H25N5OS. The molecule has 22 heavy (non-hydrogen) atoms. The Morgan fingerprint density at radius 3 is 2.55 bits per heavy atom. The summed E-state index contributed by atoms with van der Waals surface area (Å²) in [5, 5.41) is 12.8. The molecule has 2 heterocycles. The van der Waals surface area contributed by atoms with Gasteiger partial charge in [-0.2, -0.15) is 0 Å². The molecule has 1 aliphatic carbocycles. The first kappa shape index (κ1) is 15.8. The van der Waals surface area contributed by atoms with Gasteiger partial charge in [0, 0.05) is 13.1 Å². The van der Waals surface area contributed by atoms with Crippen LogP contribution in [0.1, 0.15) is 64.3 Å². The first-order valence-electron chi connectivity index (χ1n) is 8.49. The van der Waals surface area contributed by atoms with Crippen molar-refractivity contribution in [3.8, 4) is 0 Å². The Bertz CT molecular complexity index is 494. The topological polar surface area (TPSA) is 63.9 Å². The molecule has 0 N–H and O–H groups in total. The number of carbonyl (C=O) groups excluding carboxylic acids is 1. The first-order chi connectivity index (χ1) is 10.8. The van der Waals surface area contributed by atoms with Crippen LogP contribution in [0.5, 0.6) is 0 Å². The molecule has 1 atom stereocenters. The van der Waals surface area contributed by atoms with Crippen LogP contribution in [0, 0.1) is 0 Å². The van der Waals surface area contributed by atoms with Crippen molar-refractivity contribution >= 4 is 17.7 Å². The second-order valence-electron chi connectivity index (χ2n) is 6.34. The van der Waals surface area contributed by atoms with Crippen molar-refractivity contribution in [1.82, 2.24) is 25.1 Å². The van der Waals surface area contributed by atoms with Crippen LogP contribution >= 0.6 is 11.8 Å². The van der Waals surface area contributed by atoms with Gasteiger partial charge >= 0.3 is 0 Å². The third-order valence-corrected chi connectivity index (χ3v) is 5.72. The van der Waals surface area contributed by atoms with Crippen LogP contribution in [0.15, 0.2) is 5.16 Å². The number of likely N-dealkylation sites (tertiary alicyclic amines) is 1. The summed E-state index contributed by atoms with van der Waals surface area (Å²) < 4.78 is 1.95. The Morgan fingerprint density at radius 2 is 1.82 bits per heavy atom. The van der Waals surface area contributed by atoms with Crippen LogP contribution in [0.2, 0.25) is 0 Å². The summed E-state index contributed by atoms with van der Waals surface area (Å²) in [5.74, 6) is 0.225. The minimum absolute atomic E-state index is 0.119. The number of piperidine rings is 1. The predicted molar refractivity (Wildman–Crippen MR) is 85.7 cm³/mol. The summed E-state index contributed by atoms with van der Waals surface area (Å²) in [6, 6.07) is 0.406. The molecule has 2 aliphatic rings. The summed E-state index contributed by atoms with van der Waals surface area (Å²) in [5.41, 5.74) is 0. The average Bonchev–Trinajstić information content (AvgIpc) is 3.04. The maximum atomic E-state index is 12.5. The standard InChI is InChI=1S/C15H25N5OS/c1-12(14(21)19-10-6-3-7-11-19)22-15-16-17-18-20(15)13-8-4-2-5-9-13/h12-13H,2-11H2,1H3. The minimum atomic E-state index is -0.119. The van der Waals surface area contributed by atoms with E-state index in [0.29, 0.717) is 6.04 Å². The second-order valence-corrected chi connectivity index (χ2v) is 7.65. The molecule has 1 saturated carbocycles. The Morgan fingerprint density at radius 1 is 1.14 bits per heavy atom. The van der Waals surface area contributed by atoms with Crippen molar-refractivity contribution < 1.29 is 4.79 Å².